The molecule has 0 radical (unpaired) electrons. The molecule has 0 saturated heterocycles. The lowest BCUT2D eigenvalue weighted by Crippen LogP contribution is -2.30. The van der Waals surface area contributed by atoms with Crippen LogP contribution in [-0.4, -0.2) is 0 Å². The lowest BCUT2D eigenvalue weighted by molar-refractivity contribution is 0.400. The van der Waals surface area contributed by atoms with Crippen LogP contribution < -0.4 is 31.8 Å². The van der Waals surface area contributed by atoms with Gasteiger partial charge >= 0.3 is 0 Å². The highest BCUT2D eigenvalue weighted by atomic mass is 79.9. The first kappa shape index (κ1) is 59.8. The minimum Gasteiger partial charge on any atom is -0.309 e. The van der Waals surface area contributed by atoms with Crippen molar-refractivity contribution in [2.24, 2.45) is 0 Å². The first-order valence-corrected chi connectivity index (χ1v) is 35.4. The summed E-state index contributed by atoms with van der Waals surface area (Å²) in [7, 11) is -6.39. The van der Waals surface area contributed by atoms with Crippen LogP contribution in [0.3, 0.4) is 0 Å². The van der Waals surface area contributed by atoms with Crippen LogP contribution in [0.25, 0.3) is 22.3 Å². The number of fused-ring (bicyclic) bond motifs is 6. The quantitative estimate of drug-likeness (QED) is 0.0400. The highest BCUT2D eigenvalue weighted by Crippen LogP contribution is 2.58. The maximum atomic E-state index is 15.8. The van der Waals surface area contributed by atoms with Crippen LogP contribution in [0.5, 0.6) is 0 Å². The summed E-state index contributed by atoms with van der Waals surface area (Å²) in [6.07, 6.45) is 24.5. The van der Waals surface area contributed by atoms with Crippen molar-refractivity contribution in [1.29, 1.82) is 0 Å². The van der Waals surface area contributed by atoms with E-state index in [1.165, 1.54) is 145 Å². The molecule has 0 atom stereocenters. The van der Waals surface area contributed by atoms with Crippen molar-refractivity contribution in [2.75, 3.05) is 0 Å². The van der Waals surface area contributed by atoms with Crippen molar-refractivity contribution in [1.82, 2.24) is 0 Å². The maximum absolute atomic E-state index is 15.8. The first-order chi connectivity index (χ1) is 39.1. The molecular weight excluding hydrogens is 1140 g/mol. The van der Waals surface area contributed by atoms with Gasteiger partial charge in [0.1, 0.15) is 0 Å². The van der Waals surface area contributed by atoms with Gasteiger partial charge in [-0.05, 0) is 107 Å². The average molecular weight is 1230 g/mol. The molecule has 80 heavy (non-hydrogen) atoms. The molecule has 6 heteroatoms. The number of unbranched alkanes of at least 4 members (excludes halogenated alkanes) is 12. The highest BCUT2D eigenvalue weighted by Gasteiger charge is 2.46. The minimum atomic E-state index is -3.19. The molecule has 0 amide bonds. The summed E-state index contributed by atoms with van der Waals surface area (Å²) in [5, 5.41) is 5.18. The summed E-state index contributed by atoms with van der Waals surface area (Å²) in [6.45, 7) is 9.15. The Labute approximate surface area is 498 Å². The fourth-order valence-corrected chi connectivity index (χ4v) is 19.6. The van der Waals surface area contributed by atoms with E-state index in [0.717, 1.165) is 57.5 Å². The summed E-state index contributed by atoms with van der Waals surface area (Å²) in [5.74, 6) is 0. The molecule has 0 spiro atoms. The van der Waals surface area contributed by atoms with E-state index in [9.17, 15) is 0 Å². The predicted octanol–water partition coefficient (Wildman–Crippen LogP) is 20.6. The SMILES string of the molecule is CCCCCCC1(CCCCCC)c2cc(Br)ccc2-c2ccc(Br)cc21.CCCCCCC1(CCCCCC)c2cc(P(=O)(c3ccccc3)c3ccccc3)ccc2-c2ccc(P(=O)(c3ccccc3)c3ccccc3)cc21. The van der Waals surface area contributed by atoms with Crippen molar-refractivity contribution in [3.05, 3.63) is 225 Å². The summed E-state index contributed by atoms with van der Waals surface area (Å²) >= 11 is 7.51. The summed E-state index contributed by atoms with van der Waals surface area (Å²) in [6, 6.07) is 67.4. The first-order valence-electron chi connectivity index (χ1n) is 30.4. The largest absolute Gasteiger partial charge is 0.309 e. The zero-order valence-electron chi connectivity index (χ0n) is 48.1. The van der Waals surface area contributed by atoms with E-state index in [1.54, 1.807) is 11.1 Å². The molecule has 10 rings (SSSR count). The fourth-order valence-electron chi connectivity index (χ4n) is 13.5. The molecule has 2 aliphatic carbocycles. The number of rotatable bonds is 26. The van der Waals surface area contributed by atoms with Gasteiger partial charge in [-0.3, -0.25) is 0 Å². The van der Waals surface area contributed by atoms with Gasteiger partial charge < -0.3 is 9.13 Å². The van der Waals surface area contributed by atoms with E-state index in [4.69, 9.17) is 0 Å². The van der Waals surface area contributed by atoms with Gasteiger partial charge in [-0.15, -0.1) is 0 Å². The van der Waals surface area contributed by atoms with Gasteiger partial charge in [0.05, 0.1) is 0 Å². The van der Waals surface area contributed by atoms with E-state index in [2.05, 4.69) is 132 Å². The summed E-state index contributed by atoms with van der Waals surface area (Å²) in [5.41, 5.74) is 10.9. The Kier molecular flexibility index (Phi) is 20.9. The number of halogens is 2. The van der Waals surface area contributed by atoms with Crippen molar-refractivity contribution >= 4 is 78.0 Å². The zero-order valence-corrected chi connectivity index (χ0v) is 53.0. The molecule has 0 aliphatic heterocycles. The van der Waals surface area contributed by atoms with Gasteiger partial charge in [0.15, 0.2) is 14.3 Å². The molecule has 2 nitrogen and oxygen atoms in total. The lowest BCUT2D eigenvalue weighted by atomic mass is 9.70. The third kappa shape index (κ3) is 12.4. The van der Waals surface area contributed by atoms with Crippen LogP contribution in [0.1, 0.15) is 178 Å². The molecule has 8 aromatic carbocycles. The summed E-state index contributed by atoms with van der Waals surface area (Å²) in [4.78, 5) is 0. The van der Waals surface area contributed by atoms with E-state index in [1.807, 2.05) is 121 Å². The van der Waals surface area contributed by atoms with Crippen molar-refractivity contribution in [3.63, 3.8) is 0 Å². The van der Waals surface area contributed by atoms with E-state index >= 15 is 9.13 Å². The molecule has 2 aliphatic rings. The molecule has 0 bridgehead atoms. The predicted molar refractivity (Wildman–Crippen MR) is 355 cm³/mol. The number of benzene rings is 8. The van der Waals surface area contributed by atoms with Gasteiger partial charge in [0.2, 0.25) is 0 Å². The minimum absolute atomic E-state index is 0.180. The second-order valence-corrected chi connectivity index (χ2v) is 30.2. The van der Waals surface area contributed by atoms with Gasteiger partial charge in [0, 0.05) is 51.6 Å². The molecule has 0 heterocycles. The Hall–Kier alpha value is -4.82. The van der Waals surface area contributed by atoms with E-state index in [-0.39, 0.29) is 10.8 Å². The van der Waals surface area contributed by atoms with Crippen LogP contribution in [0.15, 0.2) is 203 Å². The third-order valence-corrected chi connectivity index (χ3v) is 24.7. The summed E-state index contributed by atoms with van der Waals surface area (Å²) < 4.78 is 33.9. The van der Waals surface area contributed by atoms with E-state index < -0.39 is 14.3 Å². The number of hydrogen-bond donors (Lipinski definition) is 0. The molecule has 0 fully saturated rings. The van der Waals surface area contributed by atoms with E-state index in [0.29, 0.717) is 0 Å². The van der Waals surface area contributed by atoms with Crippen LogP contribution in [-0.2, 0) is 20.0 Å². The Morgan fingerprint density at radius 3 is 0.800 bits per heavy atom. The lowest BCUT2D eigenvalue weighted by Gasteiger charge is -2.34. The Bertz CT molecular complexity index is 3060. The highest BCUT2D eigenvalue weighted by molar-refractivity contribution is 9.10. The van der Waals surface area contributed by atoms with Gasteiger partial charge in [-0.25, -0.2) is 0 Å². The molecule has 0 saturated carbocycles. The Morgan fingerprint density at radius 2 is 0.537 bits per heavy atom. The molecule has 0 aromatic heterocycles. The van der Waals surface area contributed by atoms with Crippen LogP contribution in [0, 0.1) is 0 Å². The monoisotopic (exact) mass is 1220 g/mol. The van der Waals surface area contributed by atoms with Gasteiger partial charge in [-0.2, -0.15) is 0 Å². The number of hydrogen-bond acceptors (Lipinski definition) is 2. The van der Waals surface area contributed by atoms with Crippen LogP contribution >= 0.6 is 46.1 Å². The topological polar surface area (TPSA) is 34.1 Å². The normalized spacial score (nSPS) is 13.7. The van der Waals surface area contributed by atoms with Crippen molar-refractivity contribution in [3.8, 4) is 22.3 Å². The fraction of sp³-hybridized carbons (Fsp3) is 0.351. The third-order valence-electron chi connectivity index (χ3n) is 17.6. The second kappa shape index (κ2) is 28.0. The molecule has 416 valence electrons. The molecule has 8 aromatic rings. The van der Waals surface area contributed by atoms with Crippen molar-refractivity contribution in [2.45, 2.75) is 167 Å². The van der Waals surface area contributed by atoms with Crippen molar-refractivity contribution < 1.29 is 9.13 Å². The van der Waals surface area contributed by atoms with Crippen LogP contribution in [0.4, 0.5) is 0 Å². The molecule has 0 unspecified atom stereocenters. The van der Waals surface area contributed by atoms with Gasteiger partial charge in [-0.1, -0.05) is 320 Å². The Balaban J connectivity index is 0.000000240. The molecular formula is C74H84Br2O2P2. The maximum Gasteiger partial charge on any atom is 0.171 e. The zero-order chi connectivity index (χ0) is 56.0. The smallest absolute Gasteiger partial charge is 0.171 e. The Morgan fingerprint density at radius 1 is 0.287 bits per heavy atom. The molecule has 0 N–H and O–H groups in total. The second-order valence-electron chi connectivity index (χ2n) is 22.8. The van der Waals surface area contributed by atoms with Crippen LogP contribution in [0.2, 0.25) is 0 Å². The van der Waals surface area contributed by atoms with Gasteiger partial charge in [0.25, 0.3) is 0 Å². The average Bonchev–Trinajstić information content (AvgIpc) is 4.07. The standard InChI is InChI=1S/C49H52O2P2.C25H32Br2/c1-3-5-7-21-35-49(36-22-8-6-4-2)47-37-43(52(50,39-23-13-9-14-24-39)40-25-15-10-16-26-40)31-33-45(47)46-34-32-44(38-48(46)49)53(51,41-27-17-11-18-28-41)42-29-19-12-20-30-42;1-3-5-7-9-15-25(16-10-8-6-4-2)23-17-19(26)11-13-21(23)22-14-12-20(27)18-24(22)25/h9-20,23-34,37-38H,3-8,21-22,35-36H2,1-2H3;11-14,17-18H,3-10,15-16H2,1-2H3.